The molecule has 0 N–H and O–H groups in total. The number of aromatic nitrogens is 1. The minimum Gasteiger partial charge on any atom is -0.462 e. The number of aryl methyl sites for hydroxylation is 1. The van der Waals surface area contributed by atoms with Crippen molar-refractivity contribution in [2.45, 2.75) is 13.8 Å². The van der Waals surface area contributed by atoms with Crippen LogP contribution >= 0.6 is 15.9 Å². The molecule has 7 nitrogen and oxygen atoms in total. The van der Waals surface area contributed by atoms with E-state index in [9.17, 15) is 14.9 Å². The lowest BCUT2D eigenvalue weighted by Gasteiger charge is -2.07. The molecule has 0 unspecified atom stereocenters. The topological polar surface area (TPSA) is 106 Å². The van der Waals surface area contributed by atoms with Crippen molar-refractivity contribution in [3.8, 4) is 6.07 Å². The van der Waals surface area contributed by atoms with Crippen LogP contribution in [0.15, 0.2) is 4.60 Å². The van der Waals surface area contributed by atoms with Gasteiger partial charge in [0.1, 0.15) is 21.9 Å². The van der Waals surface area contributed by atoms with E-state index in [0.29, 0.717) is 0 Å². The molecule has 0 saturated heterocycles. The molecule has 94 valence electrons. The van der Waals surface area contributed by atoms with Crippen LogP contribution < -0.4 is 0 Å². The number of hydrogen-bond donors (Lipinski definition) is 0. The molecular weight excluding hydrogens is 306 g/mol. The van der Waals surface area contributed by atoms with Crippen LogP contribution in [0.2, 0.25) is 0 Å². The van der Waals surface area contributed by atoms with Crippen LogP contribution in [0.5, 0.6) is 0 Å². The van der Waals surface area contributed by atoms with Gasteiger partial charge in [0.15, 0.2) is 5.56 Å². The molecule has 8 heteroatoms. The average molecular weight is 314 g/mol. The highest BCUT2D eigenvalue weighted by atomic mass is 79.9. The third-order valence-electron chi connectivity index (χ3n) is 2.08. The first-order valence-corrected chi connectivity index (χ1v) is 5.65. The largest absolute Gasteiger partial charge is 0.462 e. The molecule has 1 rings (SSSR count). The standard InChI is InChI=1S/C10H8BrN3O4/c1-3-18-10(15)7-6(4-12)9(11)13-5(2)8(7)14(16)17/h3H2,1-2H3. The summed E-state index contributed by atoms with van der Waals surface area (Å²) in [6, 6.07) is 1.71. The van der Waals surface area contributed by atoms with E-state index >= 15 is 0 Å². The summed E-state index contributed by atoms with van der Waals surface area (Å²) in [6.07, 6.45) is 0. The third-order valence-corrected chi connectivity index (χ3v) is 2.65. The van der Waals surface area contributed by atoms with Gasteiger partial charge in [-0.15, -0.1) is 0 Å². The molecular formula is C10H8BrN3O4. The highest BCUT2D eigenvalue weighted by Crippen LogP contribution is 2.30. The number of nitrogens with zero attached hydrogens (tertiary/aromatic N) is 3. The number of pyridine rings is 1. The Kier molecular flexibility index (Phi) is 4.33. The van der Waals surface area contributed by atoms with Gasteiger partial charge < -0.3 is 4.74 Å². The minimum absolute atomic E-state index is 0.0360. The quantitative estimate of drug-likeness (QED) is 0.366. The van der Waals surface area contributed by atoms with Crippen molar-refractivity contribution >= 4 is 27.6 Å². The molecule has 0 saturated carbocycles. The van der Waals surface area contributed by atoms with Crippen molar-refractivity contribution < 1.29 is 14.5 Å². The molecule has 0 aliphatic rings. The third kappa shape index (κ3) is 2.46. The van der Waals surface area contributed by atoms with E-state index in [1.165, 1.54) is 6.92 Å². The summed E-state index contributed by atoms with van der Waals surface area (Å²) in [6.45, 7) is 3.01. The van der Waals surface area contributed by atoms with Gasteiger partial charge in [-0.2, -0.15) is 5.26 Å². The molecule has 0 amide bonds. The Morgan fingerprint density at radius 2 is 2.28 bits per heavy atom. The van der Waals surface area contributed by atoms with E-state index in [2.05, 4.69) is 20.9 Å². The Morgan fingerprint density at radius 1 is 1.67 bits per heavy atom. The normalized spacial score (nSPS) is 9.67. The van der Waals surface area contributed by atoms with Gasteiger partial charge >= 0.3 is 11.7 Å². The second-order valence-corrected chi connectivity index (χ2v) is 3.93. The van der Waals surface area contributed by atoms with Gasteiger partial charge in [0.05, 0.1) is 11.5 Å². The average Bonchev–Trinajstić information content (AvgIpc) is 2.27. The van der Waals surface area contributed by atoms with Crippen molar-refractivity contribution in [3.63, 3.8) is 0 Å². The summed E-state index contributed by atoms with van der Waals surface area (Å²) < 4.78 is 4.81. The maximum absolute atomic E-state index is 11.7. The van der Waals surface area contributed by atoms with Gasteiger partial charge in [-0.25, -0.2) is 9.78 Å². The molecule has 1 aromatic heterocycles. The van der Waals surface area contributed by atoms with Crippen LogP contribution in [-0.4, -0.2) is 22.5 Å². The van der Waals surface area contributed by atoms with Crippen molar-refractivity contribution in [1.29, 1.82) is 5.26 Å². The van der Waals surface area contributed by atoms with Gasteiger partial charge in [0, 0.05) is 0 Å². The zero-order chi connectivity index (χ0) is 13.9. The number of carbonyl (C=O) groups is 1. The lowest BCUT2D eigenvalue weighted by Crippen LogP contribution is -2.13. The first kappa shape index (κ1) is 14.1. The second-order valence-electron chi connectivity index (χ2n) is 3.18. The molecule has 0 aromatic carbocycles. The molecule has 0 fully saturated rings. The van der Waals surface area contributed by atoms with Crippen molar-refractivity contribution in [2.75, 3.05) is 6.61 Å². The fraction of sp³-hybridized carbons (Fsp3) is 0.300. The maximum Gasteiger partial charge on any atom is 0.346 e. The van der Waals surface area contributed by atoms with Gasteiger partial charge in [-0.1, -0.05) is 0 Å². The van der Waals surface area contributed by atoms with Crippen molar-refractivity contribution in [1.82, 2.24) is 4.98 Å². The zero-order valence-corrected chi connectivity index (χ0v) is 11.1. The molecule has 0 aliphatic heterocycles. The van der Waals surface area contributed by atoms with Gasteiger partial charge in [-0.05, 0) is 29.8 Å². The highest BCUT2D eigenvalue weighted by molar-refractivity contribution is 9.10. The van der Waals surface area contributed by atoms with Gasteiger partial charge in [0.2, 0.25) is 0 Å². The summed E-state index contributed by atoms with van der Waals surface area (Å²) in [7, 11) is 0. The van der Waals surface area contributed by atoms with Crippen LogP contribution in [0.3, 0.4) is 0 Å². The van der Waals surface area contributed by atoms with Crippen LogP contribution in [-0.2, 0) is 4.74 Å². The molecule has 0 aliphatic carbocycles. The van der Waals surface area contributed by atoms with Gasteiger partial charge in [-0.3, -0.25) is 10.1 Å². The molecule has 1 aromatic rings. The van der Waals surface area contributed by atoms with Crippen molar-refractivity contribution in [3.05, 3.63) is 31.5 Å². The number of hydrogen-bond acceptors (Lipinski definition) is 6. The monoisotopic (exact) mass is 313 g/mol. The number of ether oxygens (including phenoxy) is 1. The molecule has 18 heavy (non-hydrogen) atoms. The van der Waals surface area contributed by atoms with E-state index in [4.69, 9.17) is 10.00 Å². The molecule has 0 atom stereocenters. The Balaban J connectivity index is 3.66. The lowest BCUT2D eigenvalue weighted by molar-refractivity contribution is -0.386. The predicted molar refractivity (Wildman–Crippen MR) is 64.0 cm³/mol. The molecule has 0 radical (unpaired) electrons. The second kappa shape index (κ2) is 5.55. The van der Waals surface area contributed by atoms with Crippen LogP contribution in [0.1, 0.15) is 28.5 Å². The first-order chi connectivity index (χ1) is 8.43. The number of halogens is 1. The van der Waals surface area contributed by atoms with E-state index in [-0.39, 0.29) is 28.0 Å². The molecule has 1 heterocycles. The maximum atomic E-state index is 11.7. The van der Waals surface area contributed by atoms with E-state index in [0.717, 1.165) is 0 Å². The summed E-state index contributed by atoms with van der Waals surface area (Å²) in [5.74, 6) is -0.910. The first-order valence-electron chi connectivity index (χ1n) is 4.85. The SMILES string of the molecule is CCOC(=O)c1c(C#N)c(Br)nc(C)c1[N+](=O)[O-]. The van der Waals surface area contributed by atoms with Crippen LogP contribution in [0.4, 0.5) is 5.69 Å². The molecule has 0 spiro atoms. The fourth-order valence-corrected chi connectivity index (χ4v) is 1.94. The summed E-state index contributed by atoms with van der Waals surface area (Å²) in [5, 5.41) is 19.9. The van der Waals surface area contributed by atoms with Gasteiger partial charge in [0.25, 0.3) is 0 Å². The smallest absolute Gasteiger partial charge is 0.346 e. The summed E-state index contributed by atoms with van der Waals surface area (Å²) >= 11 is 3.00. The van der Waals surface area contributed by atoms with E-state index < -0.39 is 16.6 Å². The minimum atomic E-state index is -0.910. The predicted octanol–water partition coefficient (Wildman–Crippen LogP) is 2.11. The Morgan fingerprint density at radius 3 is 2.72 bits per heavy atom. The highest BCUT2D eigenvalue weighted by Gasteiger charge is 2.31. The lowest BCUT2D eigenvalue weighted by atomic mass is 10.1. The van der Waals surface area contributed by atoms with Crippen LogP contribution in [0, 0.1) is 28.4 Å². The van der Waals surface area contributed by atoms with Crippen LogP contribution in [0.25, 0.3) is 0 Å². The van der Waals surface area contributed by atoms with Crippen molar-refractivity contribution in [2.24, 2.45) is 0 Å². The molecule has 0 bridgehead atoms. The summed E-state index contributed by atoms with van der Waals surface area (Å²) in [4.78, 5) is 25.8. The zero-order valence-electron chi connectivity index (χ0n) is 9.56. The summed E-state index contributed by atoms with van der Waals surface area (Å²) in [5.41, 5.74) is -1.04. The Bertz CT molecular complexity index is 565. The number of nitro groups is 1. The van der Waals surface area contributed by atoms with E-state index in [1.807, 2.05) is 0 Å². The number of esters is 1. The number of carbonyl (C=O) groups excluding carboxylic acids is 1. The number of nitriles is 1. The Hall–Kier alpha value is -2.01. The Labute approximate surface area is 111 Å². The fourth-order valence-electron chi connectivity index (χ4n) is 1.39. The van der Waals surface area contributed by atoms with E-state index in [1.54, 1.807) is 13.0 Å². The number of rotatable bonds is 3.